The lowest BCUT2D eigenvalue weighted by Crippen LogP contribution is -1.99. The second kappa shape index (κ2) is 4.50. The maximum atomic E-state index is 10.8. The van der Waals surface area contributed by atoms with E-state index in [9.17, 15) is 4.79 Å². The lowest BCUT2D eigenvalue weighted by molar-refractivity contribution is 0.112. The number of ether oxygens (including phenoxy) is 2. The quantitative estimate of drug-likeness (QED) is 0.740. The van der Waals surface area contributed by atoms with Gasteiger partial charge in [0.1, 0.15) is 11.5 Å². The van der Waals surface area contributed by atoms with Crippen molar-refractivity contribution in [3.05, 3.63) is 17.7 Å². The maximum Gasteiger partial charge on any atom is 0.152 e. The number of nitrogens with one attached hydrogen (secondary N) is 1. The SMILES string of the molecule is CNc1c(C=O)cc(OC)cc1OC. The van der Waals surface area contributed by atoms with E-state index in [0.717, 1.165) is 6.29 Å². The summed E-state index contributed by atoms with van der Waals surface area (Å²) in [6.07, 6.45) is 0.761. The number of benzene rings is 1. The Balaban J connectivity index is 3.31. The Morgan fingerprint density at radius 2 is 2.00 bits per heavy atom. The highest BCUT2D eigenvalue weighted by Crippen LogP contribution is 2.32. The molecule has 0 bridgehead atoms. The van der Waals surface area contributed by atoms with E-state index < -0.39 is 0 Å². The van der Waals surface area contributed by atoms with E-state index in [4.69, 9.17) is 9.47 Å². The van der Waals surface area contributed by atoms with Gasteiger partial charge in [0.2, 0.25) is 0 Å². The van der Waals surface area contributed by atoms with E-state index in [2.05, 4.69) is 5.32 Å². The molecule has 0 aliphatic heterocycles. The van der Waals surface area contributed by atoms with Crippen molar-refractivity contribution in [3.8, 4) is 11.5 Å². The molecule has 14 heavy (non-hydrogen) atoms. The molecule has 0 spiro atoms. The van der Waals surface area contributed by atoms with Crippen LogP contribution in [0.2, 0.25) is 0 Å². The van der Waals surface area contributed by atoms with Gasteiger partial charge in [0.15, 0.2) is 6.29 Å². The minimum Gasteiger partial charge on any atom is -0.497 e. The third kappa shape index (κ3) is 1.79. The number of methoxy groups -OCH3 is 2. The summed E-state index contributed by atoms with van der Waals surface area (Å²) in [5.41, 5.74) is 1.19. The number of aldehydes is 1. The largest absolute Gasteiger partial charge is 0.497 e. The molecule has 0 amide bonds. The number of hydrogen-bond donors (Lipinski definition) is 1. The summed E-state index contributed by atoms with van der Waals surface area (Å²) < 4.78 is 10.2. The van der Waals surface area contributed by atoms with E-state index in [1.54, 1.807) is 33.4 Å². The molecule has 0 aromatic heterocycles. The molecule has 0 fully saturated rings. The summed E-state index contributed by atoms with van der Waals surface area (Å²) >= 11 is 0. The number of anilines is 1. The highest BCUT2D eigenvalue weighted by atomic mass is 16.5. The topological polar surface area (TPSA) is 47.6 Å². The monoisotopic (exact) mass is 195 g/mol. The molecule has 0 saturated carbocycles. The van der Waals surface area contributed by atoms with Crippen molar-refractivity contribution in [1.29, 1.82) is 0 Å². The Hall–Kier alpha value is -1.71. The Bertz CT molecular complexity index is 336. The van der Waals surface area contributed by atoms with Crippen molar-refractivity contribution in [3.63, 3.8) is 0 Å². The van der Waals surface area contributed by atoms with Crippen molar-refractivity contribution in [2.45, 2.75) is 0 Å². The van der Waals surface area contributed by atoms with Crippen LogP contribution in [0.25, 0.3) is 0 Å². The molecule has 76 valence electrons. The molecule has 4 heteroatoms. The average molecular weight is 195 g/mol. The summed E-state index contributed by atoms with van der Waals surface area (Å²) in [5.74, 6) is 1.19. The molecule has 0 aliphatic carbocycles. The van der Waals surface area contributed by atoms with Gasteiger partial charge in [-0.3, -0.25) is 4.79 Å². The van der Waals surface area contributed by atoms with Gasteiger partial charge in [0.25, 0.3) is 0 Å². The second-order valence-corrected chi connectivity index (χ2v) is 2.66. The highest BCUT2D eigenvalue weighted by Gasteiger charge is 2.09. The van der Waals surface area contributed by atoms with E-state index >= 15 is 0 Å². The Morgan fingerprint density at radius 1 is 1.29 bits per heavy atom. The van der Waals surface area contributed by atoms with Crippen molar-refractivity contribution in [1.82, 2.24) is 0 Å². The molecule has 1 aromatic carbocycles. The molecule has 1 rings (SSSR count). The first-order valence-electron chi connectivity index (χ1n) is 4.15. The van der Waals surface area contributed by atoms with Crippen LogP contribution in [0.4, 0.5) is 5.69 Å². The number of carbonyl (C=O) groups is 1. The van der Waals surface area contributed by atoms with E-state index in [0.29, 0.717) is 22.7 Å². The van der Waals surface area contributed by atoms with Gasteiger partial charge in [-0.2, -0.15) is 0 Å². The van der Waals surface area contributed by atoms with Gasteiger partial charge in [-0.05, 0) is 6.07 Å². The van der Waals surface area contributed by atoms with Crippen LogP contribution in [0.5, 0.6) is 11.5 Å². The van der Waals surface area contributed by atoms with Crippen LogP contribution in [-0.4, -0.2) is 27.6 Å². The predicted octanol–water partition coefficient (Wildman–Crippen LogP) is 1.56. The molecular weight excluding hydrogens is 182 g/mol. The molecule has 0 saturated heterocycles. The van der Waals surface area contributed by atoms with E-state index in [1.807, 2.05) is 0 Å². The fourth-order valence-electron chi connectivity index (χ4n) is 1.25. The lowest BCUT2D eigenvalue weighted by atomic mass is 10.1. The third-order valence-electron chi connectivity index (χ3n) is 1.94. The summed E-state index contributed by atoms with van der Waals surface area (Å²) in [4.78, 5) is 10.8. The maximum absolute atomic E-state index is 10.8. The van der Waals surface area contributed by atoms with Crippen molar-refractivity contribution in [2.24, 2.45) is 0 Å². The zero-order valence-corrected chi connectivity index (χ0v) is 8.46. The first-order chi connectivity index (χ1) is 6.76. The van der Waals surface area contributed by atoms with Gasteiger partial charge < -0.3 is 14.8 Å². The fraction of sp³-hybridized carbons (Fsp3) is 0.300. The van der Waals surface area contributed by atoms with Crippen molar-refractivity contribution < 1.29 is 14.3 Å². The summed E-state index contributed by atoms with van der Waals surface area (Å²) in [5, 5.41) is 2.91. The molecule has 0 heterocycles. The zero-order valence-electron chi connectivity index (χ0n) is 8.46. The van der Waals surface area contributed by atoms with E-state index in [-0.39, 0.29) is 0 Å². The molecule has 0 aliphatic rings. The summed E-state index contributed by atoms with van der Waals surface area (Å²) in [6.45, 7) is 0. The fourth-order valence-corrected chi connectivity index (χ4v) is 1.25. The molecular formula is C10H13NO3. The highest BCUT2D eigenvalue weighted by molar-refractivity contribution is 5.88. The summed E-state index contributed by atoms with van der Waals surface area (Å²) in [7, 11) is 4.82. The van der Waals surface area contributed by atoms with Gasteiger partial charge >= 0.3 is 0 Å². The van der Waals surface area contributed by atoms with Crippen molar-refractivity contribution in [2.75, 3.05) is 26.6 Å². The van der Waals surface area contributed by atoms with Gasteiger partial charge in [0, 0.05) is 18.7 Å². The van der Waals surface area contributed by atoms with E-state index in [1.165, 1.54) is 0 Å². The van der Waals surface area contributed by atoms with Crippen LogP contribution in [0.1, 0.15) is 10.4 Å². The molecule has 1 N–H and O–H groups in total. The van der Waals surface area contributed by atoms with Crippen molar-refractivity contribution >= 4 is 12.0 Å². The van der Waals surface area contributed by atoms with Gasteiger partial charge in [-0.25, -0.2) is 0 Å². The standard InChI is InChI=1S/C10H13NO3/c1-11-10-7(6-12)4-8(13-2)5-9(10)14-3/h4-6,11H,1-3H3. The zero-order chi connectivity index (χ0) is 10.6. The molecule has 0 radical (unpaired) electrons. The molecule has 4 nitrogen and oxygen atoms in total. The van der Waals surface area contributed by atoms with Crippen LogP contribution < -0.4 is 14.8 Å². The van der Waals surface area contributed by atoms with Gasteiger partial charge in [-0.1, -0.05) is 0 Å². The van der Waals surface area contributed by atoms with Crippen LogP contribution in [0.3, 0.4) is 0 Å². The summed E-state index contributed by atoms with van der Waals surface area (Å²) in [6, 6.07) is 3.38. The van der Waals surface area contributed by atoms with Crippen LogP contribution >= 0.6 is 0 Å². The minimum atomic E-state index is 0.517. The Labute approximate surface area is 82.8 Å². The van der Waals surface area contributed by atoms with Crippen LogP contribution in [-0.2, 0) is 0 Å². The lowest BCUT2D eigenvalue weighted by Gasteiger charge is -2.12. The molecule has 0 unspecified atom stereocenters. The third-order valence-corrected chi connectivity index (χ3v) is 1.94. The Kier molecular flexibility index (Phi) is 3.34. The number of hydrogen-bond acceptors (Lipinski definition) is 4. The minimum absolute atomic E-state index is 0.517. The number of rotatable bonds is 4. The normalized spacial score (nSPS) is 9.36. The Morgan fingerprint density at radius 3 is 2.43 bits per heavy atom. The first-order valence-corrected chi connectivity index (χ1v) is 4.15. The van der Waals surface area contributed by atoms with Gasteiger partial charge in [0.05, 0.1) is 19.9 Å². The van der Waals surface area contributed by atoms with Gasteiger partial charge in [-0.15, -0.1) is 0 Å². The molecule has 0 atom stereocenters. The second-order valence-electron chi connectivity index (χ2n) is 2.66. The smallest absolute Gasteiger partial charge is 0.152 e. The van der Waals surface area contributed by atoms with Crippen LogP contribution in [0, 0.1) is 0 Å². The predicted molar refractivity (Wildman–Crippen MR) is 54.5 cm³/mol. The average Bonchev–Trinajstić information content (AvgIpc) is 2.26. The van der Waals surface area contributed by atoms with Crippen LogP contribution in [0.15, 0.2) is 12.1 Å². The first kappa shape index (κ1) is 10.4. The number of carbonyl (C=O) groups excluding carboxylic acids is 1. The molecule has 1 aromatic rings.